The smallest absolute Gasteiger partial charge is 0.325 e. The minimum atomic E-state index is -0.456. The molecule has 2 aromatic carbocycles. The van der Waals surface area contributed by atoms with E-state index in [2.05, 4.69) is 32.6 Å². The Labute approximate surface area is 199 Å². The molecule has 0 bridgehead atoms. The van der Waals surface area contributed by atoms with Crippen LogP contribution in [0.3, 0.4) is 0 Å². The van der Waals surface area contributed by atoms with Crippen LogP contribution in [-0.2, 0) is 14.3 Å². The van der Waals surface area contributed by atoms with Crippen LogP contribution in [0.15, 0.2) is 47.5 Å². The van der Waals surface area contributed by atoms with Gasteiger partial charge in [0.25, 0.3) is 0 Å². The van der Waals surface area contributed by atoms with E-state index in [0.29, 0.717) is 18.4 Å². The number of benzene rings is 2. The van der Waals surface area contributed by atoms with E-state index in [0.717, 1.165) is 54.6 Å². The number of anilines is 2. The van der Waals surface area contributed by atoms with Gasteiger partial charge in [-0.1, -0.05) is 23.7 Å². The van der Waals surface area contributed by atoms with Crippen molar-refractivity contribution in [2.24, 2.45) is 4.99 Å². The third-order valence-corrected chi connectivity index (χ3v) is 6.01. The molecule has 2 aliphatic rings. The number of halogens is 1. The van der Waals surface area contributed by atoms with Gasteiger partial charge in [-0.15, -0.1) is 0 Å². The summed E-state index contributed by atoms with van der Waals surface area (Å²) in [5.74, 6) is 0.654. The molecule has 0 spiro atoms. The highest BCUT2D eigenvalue weighted by atomic mass is 35.5. The second-order valence-corrected chi connectivity index (χ2v) is 8.40. The first-order valence-electron chi connectivity index (χ1n) is 11.2. The number of amidine groups is 1. The molecule has 1 unspecified atom stereocenters. The standard InChI is InChI=1S/C24H30ClN5O3/c1-3-33-24(31)22(26-2)15-32-16-29-10-12-30(13-11-29)23-18-6-4-5-7-19(18)27-20-9-8-17(25)14-21(20)28-23/h4-9,14,22,26-27H,3,10-13,15-16H2,1-2H3. The third kappa shape index (κ3) is 5.65. The Balaban J connectivity index is 1.40. The van der Waals surface area contributed by atoms with Gasteiger partial charge in [0.2, 0.25) is 0 Å². The van der Waals surface area contributed by atoms with Crippen LogP contribution in [0.4, 0.5) is 17.1 Å². The molecular weight excluding hydrogens is 442 g/mol. The molecule has 176 valence electrons. The van der Waals surface area contributed by atoms with Crippen LogP contribution in [0.5, 0.6) is 0 Å². The minimum absolute atomic E-state index is 0.277. The fourth-order valence-corrected chi connectivity index (χ4v) is 4.12. The number of carbonyl (C=O) groups excluding carboxylic acids is 1. The fraction of sp³-hybridized carbons (Fsp3) is 0.417. The lowest BCUT2D eigenvalue weighted by Crippen LogP contribution is -2.50. The van der Waals surface area contributed by atoms with Crippen LogP contribution in [0.1, 0.15) is 12.5 Å². The summed E-state index contributed by atoms with van der Waals surface area (Å²) >= 11 is 6.25. The van der Waals surface area contributed by atoms with Gasteiger partial charge in [-0.05, 0) is 44.3 Å². The topological polar surface area (TPSA) is 78.4 Å². The molecule has 2 aliphatic heterocycles. The summed E-state index contributed by atoms with van der Waals surface area (Å²) in [6, 6.07) is 13.5. The average molecular weight is 472 g/mol. The number of ether oxygens (including phenoxy) is 2. The Bertz CT molecular complexity index is 1010. The molecule has 33 heavy (non-hydrogen) atoms. The van der Waals surface area contributed by atoms with Gasteiger partial charge in [-0.3, -0.25) is 9.69 Å². The summed E-state index contributed by atoms with van der Waals surface area (Å²) in [4.78, 5) is 21.5. The predicted molar refractivity (Wildman–Crippen MR) is 131 cm³/mol. The largest absolute Gasteiger partial charge is 0.465 e. The van der Waals surface area contributed by atoms with Crippen molar-refractivity contribution in [1.29, 1.82) is 0 Å². The van der Waals surface area contributed by atoms with E-state index in [9.17, 15) is 4.79 Å². The highest BCUT2D eigenvalue weighted by molar-refractivity contribution is 6.31. The first kappa shape index (κ1) is 23.5. The van der Waals surface area contributed by atoms with Gasteiger partial charge in [0, 0.05) is 42.5 Å². The normalized spacial score (nSPS) is 16.7. The van der Waals surface area contributed by atoms with Crippen molar-refractivity contribution in [3.63, 3.8) is 0 Å². The van der Waals surface area contributed by atoms with Crippen LogP contribution in [0.2, 0.25) is 5.02 Å². The van der Waals surface area contributed by atoms with Crippen molar-refractivity contribution < 1.29 is 14.3 Å². The number of rotatable bonds is 7. The van der Waals surface area contributed by atoms with E-state index in [1.807, 2.05) is 30.3 Å². The van der Waals surface area contributed by atoms with Crippen LogP contribution in [-0.4, -0.2) is 80.8 Å². The molecule has 1 atom stereocenters. The number of hydrogen-bond donors (Lipinski definition) is 2. The second-order valence-electron chi connectivity index (χ2n) is 7.97. The SMILES string of the molecule is CCOC(=O)C(COCN1CCN(C2=Nc3cc(Cl)ccc3Nc3ccccc32)CC1)NC. The van der Waals surface area contributed by atoms with E-state index in [-0.39, 0.29) is 12.6 Å². The van der Waals surface area contributed by atoms with E-state index in [4.69, 9.17) is 26.1 Å². The Morgan fingerprint density at radius 1 is 1.18 bits per heavy atom. The van der Waals surface area contributed by atoms with Gasteiger partial charge in [0.05, 0.1) is 31.3 Å². The van der Waals surface area contributed by atoms with Gasteiger partial charge in [0.1, 0.15) is 11.9 Å². The Morgan fingerprint density at radius 2 is 1.97 bits per heavy atom. The van der Waals surface area contributed by atoms with Crippen molar-refractivity contribution in [2.75, 3.05) is 58.5 Å². The molecule has 1 saturated heterocycles. The summed E-state index contributed by atoms with van der Waals surface area (Å²) in [7, 11) is 1.73. The second kappa shape index (κ2) is 11.0. The van der Waals surface area contributed by atoms with Crippen molar-refractivity contribution in [3.8, 4) is 0 Å². The molecule has 0 saturated carbocycles. The van der Waals surface area contributed by atoms with Crippen molar-refractivity contribution in [1.82, 2.24) is 15.1 Å². The summed E-state index contributed by atoms with van der Waals surface area (Å²) < 4.78 is 10.9. The van der Waals surface area contributed by atoms with Gasteiger partial charge in [-0.2, -0.15) is 0 Å². The summed E-state index contributed by atoms with van der Waals surface area (Å²) in [5.41, 5.74) is 3.87. The maximum atomic E-state index is 11.9. The van der Waals surface area contributed by atoms with Crippen molar-refractivity contribution >= 4 is 40.5 Å². The van der Waals surface area contributed by atoms with Gasteiger partial charge in [-0.25, -0.2) is 4.99 Å². The number of esters is 1. The lowest BCUT2D eigenvalue weighted by atomic mass is 10.1. The molecule has 2 N–H and O–H groups in total. The molecule has 2 aromatic rings. The molecule has 0 aliphatic carbocycles. The van der Waals surface area contributed by atoms with E-state index < -0.39 is 6.04 Å². The number of likely N-dealkylation sites (N-methyl/N-ethyl adjacent to an activating group) is 1. The van der Waals surface area contributed by atoms with Crippen LogP contribution < -0.4 is 10.6 Å². The maximum Gasteiger partial charge on any atom is 0.325 e. The number of hydrogen-bond acceptors (Lipinski definition) is 8. The van der Waals surface area contributed by atoms with Gasteiger partial charge < -0.3 is 25.0 Å². The number of nitrogens with one attached hydrogen (secondary N) is 2. The summed E-state index contributed by atoms with van der Waals surface area (Å²) in [6.45, 7) is 6.21. The zero-order valence-electron chi connectivity index (χ0n) is 19.0. The number of carbonyl (C=O) groups is 1. The Kier molecular flexibility index (Phi) is 7.82. The van der Waals surface area contributed by atoms with Crippen molar-refractivity contribution in [2.45, 2.75) is 13.0 Å². The quantitative estimate of drug-likeness (QED) is 0.600. The molecule has 0 aromatic heterocycles. The molecule has 8 nitrogen and oxygen atoms in total. The van der Waals surface area contributed by atoms with Crippen LogP contribution in [0, 0.1) is 0 Å². The maximum absolute atomic E-state index is 11.9. The Hall–Kier alpha value is -2.65. The molecule has 9 heteroatoms. The van der Waals surface area contributed by atoms with E-state index >= 15 is 0 Å². The molecule has 1 fully saturated rings. The lowest BCUT2D eigenvalue weighted by molar-refractivity contribution is -0.147. The average Bonchev–Trinajstić information content (AvgIpc) is 2.99. The summed E-state index contributed by atoms with van der Waals surface area (Å²) in [5, 5.41) is 7.10. The van der Waals surface area contributed by atoms with Crippen molar-refractivity contribution in [3.05, 3.63) is 53.1 Å². The number of para-hydroxylation sites is 1. The monoisotopic (exact) mass is 471 g/mol. The minimum Gasteiger partial charge on any atom is -0.465 e. The van der Waals surface area contributed by atoms with E-state index in [1.54, 1.807) is 14.0 Å². The Morgan fingerprint density at radius 3 is 2.73 bits per heavy atom. The van der Waals surface area contributed by atoms with E-state index in [1.165, 1.54) is 0 Å². The highest BCUT2D eigenvalue weighted by Crippen LogP contribution is 2.36. The predicted octanol–water partition coefficient (Wildman–Crippen LogP) is 3.22. The van der Waals surface area contributed by atoms with Crippen LogP contribution in [0.25, 0.3) is 0 Å². The zero-order chi connectivity index (χ0) is 23.2. The molecule has 4 rings (SSSR count). The lowest BCUT2D eigenvalue weighted by Gasteiger charge is -2.36. The molecular formula is C24H30ClN5O3. The van der Waals surface area contributed by atoms with Crippen LogP contribution >= 0.6 is 11.6 Å². The molecule has 2 heterocycles. The fourth-order valence-electron chi connectivity index (χ4n) is 3.95. The highest BCUT2D eigenvalue weighted by Gasteiger charge is 2.25. The number of piperazine rings is 1. The number of aliphatic imine (C=N–C) groups is 1. The molecule has 0 amide bonds. The first-order chi connectivity index (χ1) is 16.1. The number of nitrogens with zero attached hydrogens (tertiary/aromatic N) is 3. The van der Waals surface area contributed by atoms with Gasteiger partial charge in [0.15, 0.2) is 0 Å². The summed E-state index contributed by atoms with van der Waals surface area (Å²) in [6.07, 6.45) is 0. The molecule has 0 radical (unpaired) electrons. The third-order valence-electron chi connectivity index (χ3n) is 5.77. The number of fused-ring (bicyclic) bond motifs is 2. The first-order valence-corrected chi connectivity index (χ1v) is 11.6. The zero-order valence-corrected chi connectivity index (χ0v) is 19.8. The van der Waals surface area contributed by atoms with Gasteiger partial charge >= 0.3 is 5.97 Å².